The third kappa shape index (κ3) is 3.42. The lowest BCUT2D eigenvalue weighted by Crippen LogP contribution is -2.05. The Hall–Kier alpha value is -1.21. The minimum Gasteiger partial charge on any atom is -0.497 e. The molecule has 0 saturated heterocycles. The Bertz CT molecular complexity index is 485. The molecule has 1 aromatic rings. The van der Waals surface area contributed by atoms with Gasteiger partial charge in [-0.3, -0.25) is 4.18 Å². The highest BCUT2D eigenvalue weighted by Crippen LogP contribution is 2.21. The molecule has 0 bridgehead atoms. The monoisotopic (exact) mass is 252 g/mol. The maximum Gasteiger partial charge on any atom is 0.264 e. The molecule has 0 aliphatic carbocycles. The van der Waals surface area contributed by atoms with Crippen LogP contribution in [0.25, 0.3) is 0 Å². The highest BCUT2D eigenvalue weighted by molar-refractivity contribution is 7.85. The number of halogens is 2. The summed E-state index contributed by atoms with van der Waals surface area (Å²) < 4.78 is 56.6. The van der Waals surface area contributed by atoms with Crippen molar-refractivity contribution in [2.75, 3.05) is 13.4 Å². The molecular formula is C9H10F2O4S. The van der Waals surface area contributed by atoms with Gasteiger partial charge in [-0.25, -0.2) is 8.78 Å². The topological polar surface area (TPSA) is 52.6 Å². The van der Waals surface area contributed by atoms with Crippen LogP contribution in [0.2, 0.25) is 0 Å². The molecule has 0 fully saturated rings. The third-order valence-corrected chi connectivity index (χ3v) is 2.29. The fourth-order valence-corrected chi connectivity index (χ4v) is 1.35. The maximum absolute atomic E-state index is 13.2. The zero-order chi connectivity index (χ0) is 12.3. The zero-order valence-corrected chi connectivity index (χ0v) is 9.48. The Kier molecular flexibility index (Phi) is 3.82. The SMILES string of the molecule is COc1cc(F)c(F)c(COS(C)(=O)=O)c1. The van der Waals surface area contributed by atoms with E-state index in [2.05, 4.69) is 4.18 Å². The Morgan fingerprint density at radius 3 is 2.44 bits per heavy atom. The molecule has 16 heavy (non-hydrogen) atoms. The van der Waals surface area contributed by atoms with Crippen molar-refractivity contribution in [3.63, 3.8) is 0 Å². The lowest BCUT2D eigenvalue weighted by Gasteiger charge is -2.07. The van der Waals surface area contributed by atoms with Gasteiger partial charge >= 0.3 is 0 Å². The zero-order valence-electron chi connectivity index (χ0n) is 8.66. The van der Waals surface area contributed by atoms with E-state index in [0.717, 1.165) is 12.3 Å². The van der Waals surface area contributed by atoms with Crippen molar-refractivity contribution >= 4 is 10.1 Å². The fraction of sp³-hybridized carbons (Fsp3) is 0.333. The molecule has 0 aliphatic heterocycles. The van der Waals surface area contributed by atoms with E-state index in [0.29, 0.717) is 0 Å². The maximum atomic E-state index is 13.2. The summed E-state index contributed by atoms with van der Waals surface area (Å²) in [5.41, 5.74) is -0.220. The first-order chi connectivity index (χ1) is 7.33. The molecule has 0 atom stereocenters. The molecular weight excluding hydrogens is 242 g/mol. The first-order valence-corrected chi connectivity index (χ1v) is 6.01. The molecule has 4 nitrogen and oxygen atoms in total. The molecule has 1 rings (SSSR count). The molecule has 0 radical (unpaired) electrons. The van der Waals surface area contributed by atoms with E-state index in [9.17, 15) is 17.2 Å². The molecule has 0 amide bonds. The van der Waals surface area contributed by atoms with Crippen LogP contribution in [0.3, 0.4) is 0 Å². The van der Waals surface area contributed by atoms with Gasteiger partial charge in [-0.05, 0) is 6.07 Å². The molecule has 0 unspecified atom stereocenters. The van der Waals surface area contributed by atoms with Gasteiger partial charge in [-0.15, -0.1) is 0 Å². The summed E-state index contributed by atoms with van der Waals surface area (Å²) in [4.78, 5) is 0. The van der Waals surface area contributed by atoms with Crippen molar-refractivity contribution in [2.24, 2.45) is 0 Å². The lowest BCUT2D eigenvalue weighted by atomic mass is 10.2. The van der Waals surface area contributed by atoms with E-state index in [1.807, 2.05) is 0 Å². The van der Waals surface area contributed by atoms with Crippen LogP contribution < -0.4 is 4.74 Å². The second-order valence-electron chi connectivity index (χ2n) is 3.05. The number of benzene rings is 1. The largest absolute Gasteiger partial charge is 0.497 e. The van der Waals surface area contributed by atoms with Crippen LogP contribution in [0.5, 0.6) is 5.75 Å². The minimum atomic E-state index is -3.70. The highest BCUT2D eigenvalue weighted by Gasteiger charge is 2.13. The van der Waals surface area contributed by atoms with Gasteiger partial charge in [0.15, 0.2) is 11.6 Å². The highest BCUT2D eigenvalue weighted by atomic mass is 32.2. The second kappa shape index (κ2) is 4.75. The second-order valence-corrected chi connectivity index (χ2v) is 4.69. The van der Waals surface area contributed by atoms with Gasteiger partial charge < -0.3 is 4.74 Å². The predicted octanol–water partition coefficient (Wildman–Crippen LogP) is 1.45. The van der Waals surface area contributed by atoms with Crippen LogP contribution in [0.1, 0.15) is 5.56 Å². The Balaban J connectivity index is 2.99. The van der Waals surface area contributed by atoms with Crippen LogP contribution in [0.15, 0.2) is 12.1 Å². The molecule has 0 heterocycles. The van der Waals surface area contributed by atoms with Crippen molar-refractivity contribution in [2.45, 2.75) is 6.61 Å². The summed E-state index contributed by atoms with van der Waals surface area (Å²) >= 11 is 0. The third-order valence-electron chi connectivity index (χ3n) is 1.74. The first kappa shape index (κ1) is 12.9. The van der Waals surface area contributed by atoms with Gasteiger partial charge in [0.05, 0.1) is 20.0 Å². The molecule has 0 spiro atoms. The number of ether oxygens (including phenoxy) is 1. The molecule has 0 N–H and O–H groups in total. The van der Waals surface area contributed by atoms with E-state index in [4.69, 9.17) is 4.74 Å². The van der Waals surface area contributed by atoms with E-state index < -0.39 is 28.4 Å². The smallest absolute Gasteiger partial charge is 0.264 e. The van der Waals surface area contributed by atoms with Gasteiger partial charge in [-0.1, -0.05) is 0 Å². The Morgan fingerprint density at radius 1 is 1.31 bits per heavy atom. The summed E-state index contributed by atoms with van der Waals surface area (Å²) in [5, 5.41) is 0. The van der Waals surface area contributed by atoms with E-state index in [-0.39, 0.29) is 11.3 Å². The first-order valence-electron chi connectivity index (χ1n) is 4.20. The van der Waals surface area contributed by atoms with Crippen LogP contribution in [-0.4, -0.2) is 21.8 Å². The predicted molar refractivity (Wildman–Crippen MR) is 52.5 cm³/mol. The summed E-state index contributed by atoms with van der Waals surface area (Å²) in [7, 11) is -2.42. The van der Waals surface area contributed by atoms with Crippen LogP contribution in [0.4, 0.5) is 8.78 Å². The molecule has 7 heteroatoms. The standard InChI is InChI=1S/C9H10F2O4S/c1-14-7-3-6(5-15-16(2,12)13)9(11)8(10)4-7/h3-4H,5H2,1-2H3. The number of hydrogen-bond donors (Lipinski definition) is 0. The van der Waals surface area contributed by atoms with Crippen LogP contribution in [0, 0.1) is 11.6 Å². The molecule has 0 aliphatic rings. The molecule has 0 aromatic heterocycles. The van der Waals surface area contributed by atoms with Crippen molar-refractivity contribution in [1.82, 2.24) is 0 Å². The summed E-state index contributed by atoms with van der Waals surface area (Å²) in [6, 6.07) is 2.03. The number of rotatable bonds is 4. The molecule has 90 valence electrons. The van der Waals surface area contributed by atoms with Gasteiger partial charge in [-0.2, -0.15) is 8.42 Å². The van der Waals surface area contributed by atoms with E-state index >= 15 is 0 Å². The van der Waals surface area contributed by atoms with Gasteiger partial charge in [0.1, 0.15) is 5.75 Å². The number of methoxy groups -OCH3 is 1. The van der Waals surface area contributed by atoms with Gasteiger partial charge in [0, 0.05) is 11.6 Å². The normalized spacial score (nSPS) is 11.5. The van der Waals surface area contributed by atoms with Crippen molar-refractivity contribution in [1.29, 1.82) is 0 Å². The Labute approximate surface area is 91.9 Å². The minimum absolute atomic E-state index is 0.0889. The lowest BCUT2D eigenvalue weighted by molar-refractivity contribution is 0.301. The molecule has 0 saturated carbocycles. The summed E-state index contributed by atoms with van der Waals surface area (Å²) in [6.07, 6.45) is 0.821. The Morgan fingerprint density at radius 2 is 1.94 bits per heavy atom. The van der Waals surface area contributed by atoms with Crippen molar-refractivity contribution in [3.05, 3.63) is 29.3 Å². The van der Waals surface area contributed by atoms with E-state index in [1.54, 1.807) is 0 Å². The van der Waals surface area contributed by atoms with Crippen molar-refractivity contribution in [3.8, 4) is 5.75 Å². The van der Waals surface area contributed by atoms with Gasteiger partial charge in [0.25, 0.3) is 10.1 Å². The summed E-state index contributed by atoms with van der Waals surface area (Å²) in [6.45, 7) is -0.571. The average molecular weight is 252 g/mol. The van der Waals surface area contributed by atoms with Crippen LogP contribution in [-0.2, 0) is 20.9 Å². The average Bonchev–Trinajstić information content (AvgIpc) is 2.18. The van der Waals surface area contributed by atoms with Crippen LogP contribution >= 0.6 is 0 Å². The number of hydrogen-bond acceptors (Lipinski definition) is 4. The quantitative estimate of drug-likeness (QED) is 0.761. The fourth-order valence-electron chi connectivity index (χ4n) is 1.01. The van der Waals surface area contributed by atoms with E-state index in [1.165, 1.54) is 13.2 Å². The van der Waals surface area contributed by atoms with Gasteiger partial charge in [0.2, 0.25) is 0 Å². The van der Waals surface area contributed by atoms with Crippen molar-refractivity contribution < 1.29 is 26.1 Å². The molecule has 1 aromatic carbocycles. The summed E-state index contributed by atoms with van der Waals surface area (Å²) in [5.74, 6) is -2.18.